The highest BCUT2D eigenvalue weighted by Crippen LogP contribution is 2.39. The predicted molar refractivity (Wildman–Crippen MR) is 173 cm³/mol. The summed E-state index contributed by atoms with van der Waals surface area (Å²) in [4.78, 5) is 2.37. The van der Waals surface area contributed by atoms with E-state index in [1.807, 2.05) is 18.2 Å². The minimum Gasteiger partial charge on any atom is -0.311 e. The molecule has 0 fully saturated rings. The molecule has 0 saturated heterocycles. The molecule has 0 bridgehead atoms. The van der Waals surface area contributed by atoms with E-state index >= 15 is 0 Å². The lowest BCUT2D eigenvalue weighted by atomic mass is 9.99. The number of anilines is 3. The van der Waals surface area contributed by atoms with Gasteiger partial charge >= 0.3 is 0 Å². The predicted octanol–water partition coefficient (Wildman–Crippen LogP) is 6.26. The summed E-state index contributed by atoms with van der Waals surface area (Å²) in [6.45, 7) is 0. The van der Waals surface area contributed by atoms with Crippen molar-refractivity contribution in [3.8, 4) is 23.3 Å². The first-order valence-electron chi connectivity index (χ1n) is 13.9. The Labute approximate surface area is 246 Å². The van der Waals surface area contributed by atoms with Gasteiger partial charge in [0.15, 0.2) is 8.07 Å². The van der Waals surface area contributed by atoms with Crippen LogP contribution in [0.5, 0.6) is 0 Å². The smallest absolute Gasteiger partial charge is 0.184 e. The lowest BCUT2D eigenvalue weighted by molar-refractivity contribution is 1.29. The third-order valence-corrected chi connectivity index (χ3v) is 13.0. The van der Waals surface area contributed by atoms with E-state index in [1.165, 1.54) is 20.7 Å². The van der Waals surface area contributed by atoms with Crippen LogP contribution in [0.15, 0.2) is 152 Å². The Bertz CT molecular complexity index is 1900. The van der Waals surface area contributed by atoms with Crippen LogP contribution in [0.1, 0.15) is 11.1 Å². The van der Waals surface area contributed by atoms with Crippen molar-refractivity contribution in [2.45, 2.75) is 0 Å². The van der Waals surface area contributed by atoms with Gasteiger partial charge in [-0.3, -0.25) is 0 Å². The van der Waals surface area contributed by atoms with E-state index in [0.717, 1.165) is 28.2 Å². The van der Waals surface area contributed by atoms with E-state index in [0.29, 0.717) is 11.1 Å². The van der Waals surface area contributed by atoms with Crippen LogP contribution in [-0.2, 0) is 0 Å². The molecular weight excluding hydrogens is 527 g/mol. The molecule has 196 valence electrons. The minimum atomic E-state index is -2.67. The van der Waals surface area contributed by atoms with Crippen LogP contribution in [0.4, 0.5) is 17.1 Å². The summed E-state index contributed by atoms with van der Waals surface area (Å²) in [6, 6.07) is 57.7. The Morgan fingerprint density at radius 3 is 1.48 bits per heavy atom. The summed E-state index contributed by atoms with van der Waals surface area (Å²) < 4.78 is 0. The molecule has 4 heteroatoms. The van der Waals surface area contributed by atoms with E-state index in [9.17, 15) is 10.5 Å². The number of hydrogen-bond donors (Lipinski definition) is 0. The second kappa shape index (κ2) is 10.4. The molecule has 0 amide bonds. The summed E-state index contributed by atoms with van der Waals surface area (Å²) in [6.07, 6.45) is 0. The third kappa shape index (κ3) is 3.94. The van der Waals surface area contributed by atoms with Crippen LogP contribution in [0.25, 0.3) is 11.1 Å². The molecule has 3 nitrogen and oxygen atoms in total. The number of hydrogen-bond acceptors (Lipinski definition) is 3. The quantitative estimate of drug-likeness (QED) is 0.243. The Morgan fingerprint density at radius 2 is 0.952 bits per heavy atom. The molecule has 0 atom stereocenters. The van der Waals surface area contributed by atoms with E-state index in [4.69, 9.17) is 0 Å². The second-order valence-electron chi connectivity index (χ2n) is 10.4. The molecule has 1 aliphatic rings. The summed E-state index contributed by atoms with van der Waals surface area (Å²) in [5.74, 6) is 0. The van der Waals surface area contributed by atoms with Crippen LogP contribution >= 0.6 is 0 Å². The van der Waals surface area contributed by atoms with Crippen molar-refractivity contribution in [3.63, 3.8) is 0 Å². The fraction of sp³-hybridized carbons (Fsp3) is 0. The van der Waals surface area contributed by atoms with Gasteiger partial charge in [-0.25, -0.2) is 0 Å². The normalized spacial score (nSPS) is 12.9. The Morgan fingerprint density at radius 1 is 0.452 bits per heavy atom. The van der Waals surface area contributed by atoms with E-state index in [1.54, 1.807) is 6.07 Å². The minimum absolute atomic E-state index is 0.477. The van der Waals surface area contributed by atoms with Gasteiger partial charge in [-0.15, -0.1) is 0 Å². The van der Waals surface area contributed by atoms with Gasteiger partial charge < -0.3 is 4.90 Å². The van der Waals surface area contributed by atoms with Gasteiger partial charge in [-0.2, -0.15) is 10.5 Å². The molecule has 6 aromatic rings. The first-order chi connectivity index (χ1) is 20.7. The van der Waals surface area contributed by atoms with Gasteiger partial charge in [0.05, 0.1) is 23.3 Å². The van der Waals surface area contributed by atoms with Gasteiger partial charge in [-0.05, 0) is 74.3 Å². The van der Waals surface area contributed by atoms with E-state index < -0.39 is 8.07 Å². The van der Waals surface area contributed by atoms with Crippen molar-refractivity contribution in [2.75, 3.05) is 4.90 Å². The highest BCUT2D eigenvalue weighted by molar-refractivity contribution is 7.21. The van der Waals surface area contributed by atoms with E-state index in [2.05, 4.69) is 144 Å². The molecule has 0 unspecified atom stereocenters. The lowest BCUT2D eigenvalue weighted by Crippen LogP contribution is -2.77. The van der Waals surface area contributed by atoms with Crippen molar-refractivity contribution in [3.05, 3.63) is 163 Å². The SMILES string of the molecule is N#Cc1cc(C#N)cc(-c2cccc(N3c4ccccc4[Si](c4ccccc4)(c4ccccc4)c4ccccc43)c2)c1. The number of benzene rings is 6. The monoisotopic (exact) mass is 551 g/mol. The van der Waals surface area contributed by atoms with Crippen molar-refractivity contribution in [1.82, 2.24) is 0 Å². The maximum Gasteiger partial charge on any atom is 0.184 e. The van der Waals surface area contributed by atoms with Gasteiger partial charge in [0.1, 0.15) is 0 Å². The first-order valence-corrected chi connectivity index (χ1v) is 15.9. The number of fused-ring (bicyclic) bond motifs is 2. The summed E-state index contributed by atoms with van der Waals surface area (Å²) in [7, 11) is -2.67. The van der Waals surface area contributed by atoms with Crippen LogP contribution < -0.4 is 25.6 Å². The fourth-order valence-corrected chi connectivity index (χ4v) is 11.5. The zero-order valence-corrected chi connectivity index (χ0v) is 23.8. The third-order valence-electron chi connectivity index (χ3n) is 8.14. The Balaban J connectivity index is 1.51. The zero-order chi connectivity index (χ0) is 28.5. The molecule has 7 rings (SSSR count). The second-order valence-corrected chi connectivity index (χ2v) is 14.2. The number of nitrogens with zero attached hydrogens (tertiary/aromatic N) is 3. The summed E-state index contributed by atoms with van der Waals surface area (Å²) >= 11 is 0. The van der Waals surface area contributed by atoms with Crippen LogP contribution in [0.2, 0.25) is 0 Å². The molecule has 1 heterocycles. The van der Waals surface area contributed by atoms with Crippen molar-refractivity contribution >= 4 is 45.9 Å². The van der Waals surface area contributed by atoms with Gasteiger partial charge in [0.2, 0.25) is 0 Å². The number of para-hydroxylation sites is 2. The first kappa shape index (κ1) is 25.3. The number of nitriles is 2. The molecule has 1 aliphatic heterocycles. The van der Waals surface area contributed by atoms with Crippen molar-refractivity contribution in [2.24, 2.45) is 0 Å². The molecule has 0 aliphatic carbocycles. The molecule has 42 heavy (non-hydrogen) atoms. The van der Waals surface area contributed by atoms with Gasteiger partial charge in [-0.1, -0.05) is 109 Å². The summed E-state index contributed by atoms with van der Waals surface area (Å²) in [5.41, 5.74) is 6.11. The van der Waals surface area contributed by atoms with Crippen molar-refractivity contribution < 1.29 is 0 Å². The molecule has 0 radical (unpaired) electrons. The molecule has 0 saturated carbocycles. The molecule has 0 N–H and O–H groups in total. The van der Waals surface area contributed by atoms with Gasteiger partial charge in [0, 0.05) is 17.1 Å². The highest BCUT2D eigenvalue weighted by Gasteiger charge is 2.48. The molecule has 6 aromatic carbocycles. The fourth-order valence-electron chi connectivity index (χ4n) is 6.44. The number of rotatable bonds is 4. The zero-order valence-electron chi connectivity index (χ0n) is 22.8. The Hall–Kier alpha value is -5.68. The molecular formula is C38H25N3Si. The molecule has 0 aromatic heterocycles. The lowest BCUT2D eigenvalue weighted by Gasteiger charge is -2.45. The van der Waals surface area contributed by atoms with Gasteiger partial charge in [0.25, 0.3) is 0 Å². The standard InChI is InChI=1S/C38H25N3Si/c39-26-28-22-29(27-40)24-31(23-28)30-12-11-13-32(25-30)41-35-18-7-9-20-37(35)42(33-14-3-1-4-15-33,34-16-5-2-6-17-34)38-21-10-8-19-36(38)41/h1-25H. The van der Waals surface area contributed by atoms with E-state index in [-0.39, 0.29) is 0 Å². The maximum absolute atomic E-state index is 9.58. The largest absolute Gasteiger partial charge is 0.311 e. The van der Waals surface area contributed by atoms with Crippen LogP contribution in [0, 0.1) is 22.7 Å². The molecule has 0 spiro atoms. The average molecular weight is 552 g/mol. The average Bonchev–Trinajstić information content (AvgIpc) is 3.07. The Kier molecular flexibility index (Phi) is 6.25. The van der Waals surface area contributed by atoms with Crippen molar-refractivity contribution in [1.29, 1.82) is 10.5 Å². The maximum atomic E-state index is 9.58. The highest BCUT2D eigenvalue weighted by atomic mass is 28.3. The van der Waals surface area contributed by atoms with Crippen LogP contribution in [-0.4, -0.2) is 8.07 Å². The summed E-state index contributed by atoms with van der Waals surface area (Å²) in [5, 5.41) is 24.5. The van der Waals surface area contributed by atoms with Crippen LogP contribution in [0.3, 0.4) is 0 Å². The topological polar surface area (TPSA) is 50.8 Å².